The maximum atomic E-state index is 13.2. The van der Waals surface area contributed by atoms with Crippen LogP contribution in [0.3, 0.4) is 0 Å². The molecule has 8 nitrogen and oxygen atoms in total. The minimum Gasteiger partial charge on any atom is -0.390 e. The standard InChI is InChI=1S/C27H31ClF3N3O5S/c1-17(2)8-9-18(3)32-26(36)24-23(16-35)34(25(33-24)21-6-4-5-7-22(21)28)19-10-12-20(13-11-19)39-40(37,38)15-14-27(29,30)31/h4-7,10-13,17-18,35H,8-9,14-16H2,1-3H3,(H,32,36). The Hall–Kier alpha value is -3.09. The number of rotatable bonds is 12. The van der Waals surface area contributed by atoms with Gasteiger partial charge >= 0.3 is 16.3 Å². The lowest BCUT2D eigenvalue weighted by molar-refractivity contribution is -0.130. The largest absolute Gasteiger partial charge is 0.390 e. The SMILES string of the molecule is CC(C)CCC(C)NC(=O)c1nc(-c2ccccc2Cl)n(-c2ccc(OS(=O)(=O)CCC(F)(F)F)cc2)c1CO. The molecule has 0 aliphatic carbocycles. The molecule has 1 atom stereocenters. The van der Waals surface area contributed by atoms with Gasteiger partial charge in [-0.25, -0.2) is 4.98 Å². The smallest absolute Gasteiger partial charge is 0.390 e. The molecular weight excluding hydrogens is 571 g/mol. The molecule has 0 bridgehead atoms. The van der Waals surface area contributed by atoms with Crippen LogP contribution in [0, 0.1) is 5.92 Å². The second-order valence-electron chi connectivity index (χ2n) is 9.75. The van der Waals surface area contributed by atoms with Crippen LogP contribution < -0.4 is 9.50 Å². The van der Waals surface area contributed by atoms with E-state index in [0.29, 0.717) is 22.2 Å². The number of carbonyl (C=O) groups is 1. The number of halogens is 4. The van der Waals surface area contributed by atoms with Crippen LogP contribution in [-0.2, 0) is 16.7 Å². The quantitative estimate of drug-likeness (QED) is 0.250. The molecule has 3 rings (SSSR count). The Bertz CT molecular complexity index is 1420. The van der Waals surface area contributed by atoms with Crippen LogP contribution in [0.15, 0.2) is 48.5 Å². The summed E-state index contributed by atoms with van der Waals surface area (Å²) in [5.74, 6) is -1.19. The molecule has 0 radical (unpaired) electrons. The number of hydrogen-bond donors (Lipinski definition) is 2. The highest BCUT2D eigenvalue weighted by atomic mass is 35.5. The molecule has 0 fully saturated rings. The number of amides is 1. The van der Waals surface area contributed by atoms with Gasteiger partial charge in [0, 0.05) is 17.3 Å². The average molecular weight is 602 g/mol. The molecule has 0 spiro atoms. The molecule has 0 saturated heterocycles. The fourth-order valence-electron chi connectivity index (χ4n) is 3.91. The summed E-state index contributed by atoms with van der Waals surface area (Å²) < 4.78 is 67.7. The number of imidazole rings is 1. The fraction of sp³-hybridized carbons (Fsp3) is 0.407. The summed E-state index contributed by atoms with van der Waals surface area (Å²) in [7, 11) is -4.49. The van der Waals surface area contributed by atoms with Crippen molar-refractivity contribution in [1.29, 1.82) is 0 Å². The third-order valence-corrected chi connectivity index (χ3v) is 7.44. The Kier molecular flexibility index (Phi) is 10.3. The number of nitrogens with zero attached hydrogens (tertiary/aromatic N) is 2. The van der Waals surface area contributed by atoms with Crippen LogP contribution in [0.4, 0.5) is 13.2 Å². The lowest BCUT2D eigenvalue weighted by Gasteiger charge is -2.15. The van der Waals surface area contributed by atoms with Gasteiger partial charge in [-0.3, -0.25) is 9.36 Å². The third-order valence-electron chi connectivity index (χ3n) is 5.96. The number of aromatic nitrogens is 2. The zero-order valence-electron chi connectivity index (χ0n) is 22.2. The molecule has 2 N–H and O–H groups in total. The zero-order chi connectivity index (χ0) is 29.7. The second-order valence-corrected chi connectivity index (χ2v) is 11.9. The van der Waals surface area contributed by atoms with Crippen molar-refractivity contribution in [2.45, 2.75) is 58.9 Å². The lowest BCUT2D eigenvalue weighted by Crippen LogP contribution is -2.33. The van der Waals surface area contributed by atoms with E-state index in [9.17, 15) is 31.5 Å². The third kappa shape index (κ3) is 8.45. The van der Waals surface area contributed by atoms with Gasteiger partial charge in [0.1, 0.15) is 11.6 Å². The summed E-state index contributed by atoms with van der Waals surface area (Å²) in [6.45, 7) is 5.49. The molecule has 1 unspecified atom stereocenters. The Labute approximate surface area is 236 Å². The van der Waals surface area contributed by atoms with E-state index in [1.54, 1.807) is 24.3 Å². The first-order valence-corrected chi connectivity index (χ1v) is 14.5. The monoisotopic (exact) mass is 601 g/mol. The summed E-state index contributed by atoms with van der Waals surface area (Å²) in [4.78, 5) is 17.8. The number of carbonyl (C=O) groups excluding carboxylic acids is 1. The highest BCUT2D eigenvalue weighted by Gasteiger charge is 2.31. The van der Waals surface area contributed by atoms with Gasteiger partial charge in [-0.05, 0) is 62.1 Å². The van der Waals surface area contributed by atoms with Gasteiger partial charge in [-0.15, -0.1) is 0 Å². The Balaban J connectivity index is 2.00. The van der Waals surface area contributed by atoms with E-state index >= 15 is 0 Å². The van der Waals surface area contributed by atoms with E-state index < -0.39 is 41.0 Å². The number of nitrogens with one attached hydrogen (secondary N) is 1. The Morgan fingerprint density at radius 3 is 2.33 bits per heavy atom. The maximum Gasteiger partial charge on any atom is 0.390 e. The van der Waals surface area contributed by atoms with Crippen molar-refractivity contribution in [3.63, 3.8) is 0 Å². The molecule has 1 heterocycles. The maximum absolute atomic E-state index is 13.2. The van der Waals surface area contributed by atoms with E-state index in [-0.39, 0.29) is 29.0 Å². The van der Waals surface area contributed by atoms with Gasteiger partial charge in [0.25, 0.3) is 5.91 Å². The summed E-state index contributed by atoms with van der Waals surface area (Å²) >= 11 is 6.43. The highest BCUT2D eigenvalue weighted by Crippen LogP contribution is 2.32. The van der Waals surface area contributed by atoms with Crippen molar-refractivity contribution in [3.05, 3.63) is 64.9 Å². The molecular formula is C27H31ClF3N3O5S. The normalized spacial score (nSPS) is 12.9. The van der Waals surface area contributed by atoms with Gasteiger partial charge in [0.05, 0.1) is 29.5 Å². The number of aliphatic hydroxyl groups is 1. The topological polar surface area (TPSA) is 111 Å². The molecule has 0 aliphatic heterocycles. The molecule has 0 aliphatic rings. The van der Waals surface area contributed by atoms with E-state index in [0.717, 1.165) is 12.8 Å². The van der Waals surface area contributed by atoms with Crippen molar-refractivity contribution < 1.29 is 35.7 Å². The molecule has 1 amide bonds. The van der Waals surface area contributed by atoms with E-state index in [4.69, 9.17) is 15.8 Å². The first-order valence-electron chi connectivity index (χ1n) is 12.6. The molecule has 2 aromatic carbocycles. The van der Waals surface area contributed by atoms with Crippen molar-refractivity contribution >= 4 is 27.6 Å². The predicted molar refractivity (Wildman–Crippen MR) is 146 cm³/mol. The number of aliphatic hydroxyl groups excluding tert-OH is 1. The summed E-state index contributed by atoms with van der Waals surface area (Å²) in [5, 5.41) is 13.6. The van der Waals surface area contributed by atoms with Gasteiger partial charge < -0.3 is 14.6 Å². The highest BCUT2D eigenvalue weighted by molar-refractivity contribution is 7.87. The zero-order valence-corrected chi connectivity index (χ0v) is 23.8. The van der Waals surface area contributed by atoms with Crippen molar-refractivity contribution in [1.82, 2.24) is 14.9 Å². The summed E-state index contributed by atoms with van der Waals surface area (Å²) in [5.41, 5.74) is 0.998. The van der Waals surface area contributed by atoms with Crippen LogP contribution in [0.1, 0.15) is 56.2 Å². The molecule has 218 valence electrons. The summed E-state index contributed by atoms with van der Waals surface area (Å²) in [6.07, 6.45) is -4.52. The van der Waals surface area contributed by atoms with E-state index in [1.807, 2.05) is 6.92 Å². The van der Waals surface area contributed by atoms with Crippen LogP contribution in [0.2, 0.25) is 5.02 Å². The van der Waals surface area contributed by atoms with Crippen molar-refractivity contribution in [2.24, 2.45) is 5.92 Å². The molecule has 3 aromatic rings. The lowest BCUT2D eigenvalue weighted by atomic mass is 10.0. The number of benzene rings is 2. The van der Waals surface area contributed by atoms with Gasteiger partial charge in [0.15, 0.2) is 5.69 Å². The van der Waals surface area contributed by atoms with Crippen molar-refractivity contribution in [2.75, 3.05) is 5.75 Å². The molecule has 13 heteroatoms. The molecule has 40 heavy (non-hydrogen) atoms. The van der Waals surface area contributed by atoms with Crippen LogP contribution >= 0.6 is 11.6 Å². The van der Waals surface area contributed by atoms with E-state index in [1.165, 1.54) is 28.8 Å². The van der Waals surface area contributed by atoms with Gasteiger partial charge in [-0.2, -0.15) is 21.6 Å². The average Bonchev–Trinajstić information content (AvgIpc) is 3.26. The van der Waals surface area contributed by atoms with Crippen LogP contribution in [0.25, 0.3) is 17.1 Å². The first-order chi connectivity index (χ1) is 18.7. The number of alkyl halides is 3. The minimum atomic E-state index is -4.65. The van der Waals surface area contributed by atoms with Crippen LogP contribution in [-0.4, -0.2) is 47.0 Å². The summed E-state index contributed by atoms with van der Waals surface area (Å²) in [6, 6.07) is 12.0. The fourth-order valence-corrected chi connectivity index (χ4v) is 5.10. The first kappa shape index (κ1) is 31.4. The Morgan fingerprint density at radius 1 is 1.10 bits per heavy atom. The predicted octanol–water partition coefficient (Wildman–Crippen LogP) is 5.90. The molecule has 0 saturated carbocycles. The second kappa shape index (κ2) is 13.0. The van der Waals surface area contributed by atoms with Gasteiger partial charge in [0.2, 0.25) is 0 Å². The molecule has 1 aromatic heterocycles. The minimum absolute atomic E-state index is 0.0103. The Morgan fingerprint density at radius 2 is 1.75 bits per heavy atom. The van der Waals surface area contributed by atoms with Crippen molar-refractivity contribution in [3.8, 4) is 22.8 Å². The van der Waals surface area contributed by atoms with Gasteiger partial charge in [-0.1, -0.05) is 37.6 Å². The van der Waals surface area contributed by atoms with E-state index in [2.05, 4.69) is 24.1 Å². The van der Waals surface area contributed by atoms with Crippen LogP contribution in [0.5, 0.6) is 5.75 Å². The number of hydrogen-bond acceptors (Lipinski definition) is 6.